The number of benzene rings is 1. The Morgan fingerprint density at radius 2 is 2.07 bits per heavy atom. The van der Waals surface area contributed by atoms with Gasteiger partial charge in [0.2, 0.25) is 0 Å². The predicted molar refractivity (Wildman–Crippen MR) is 56.7 cm³/mol. The number of aromatic nitrogens is 2. The summed E-state index contributed by atoms with van der Waals surface area (Å²) in [5.41, 5.74) is 5.60. The zero-order chi connectivity index (χ0) is 10.1. The highest BCUT2D eigenvalue weighted by Crippen LogP contribution is 2.26. The van der Waals surface area contributed by atoms with E-state index in [1.54, 1.807) is 6.20 Å². The fraction of sp³-hybridized carbons (Fsp3) is 0. The molecule has 0 aliphatic carbocycles. The third kappa shape index (κ3) is 1.36. The van der Waals surface area contributed by atoms with Crippen LogP contribution in [0.3, 0.4) is 0 Å². The maximum Gasteiger partial charge on any atom is 0.162 e. The average molecular weight is 199 g/mol. The van der Waals surface area contributed by atoms with Crippen LogP contribution in [0.1, 0.15) is 11.3 Å². The molecule has 0 saturated heterocycles. The number of hydrogen-bond acceptors (Lipinski definition) is 3. The average Bonchev–Trinajstić information content (AvgIpc) is 2.82. The fourth-order valence-corrected chi connectivity index (χ4v) is 1.52. The number of aromatic amines is 1. The molecule has 4 heteroatoms. The van der Waals surface area contributed by atoms with Crippen molar-refractivity contribution in [1.82, 2.24) is 15.7 Å². The highest BCUT2D eigenvalue weighted by atomic mass is 16.6. The van der Waals surface area contributed by atoms with E-state index in [1.165, 1.54) is 0 Å². The first kappa shape index (κ1) is 8.11. The summed E-state index contributed by atoms with van der Waals surface area (Å²) in [5, 5.41) is 6.84. The number of para-hydroxylation sites is 1. The smallest absolute Gasteiger partial charge is 0.162 e. The highest BCUT2D eigenvalue weighted by molar-refractivity contribution is 5.81. The Morgan fingerprint density at radius 3 is 2.93 bits per heavy atom. The predicted octanol–water partition coefficient (Wildman–Crippen LogP) is 1.80. The lowest BCUT2D eigenvalue weighted by molar-refractivity contribution is 0.249. The molecule has 2 heterocycles. The van der Waals surface area contributed by atoms with Gasteiger partial charge >= 0.3 is 0 Å². The first-order valence-electron chi connectivity index (χ1n) is 4.67. The van der Waals surface area contributed by atoms with Crippen molar-refractivity contribution in [2.45, 2.75) is 0 Å². The Balaban J connectivity index is 2.06. The molecule has 0 spiro atoms. The molecule has 0 unspecified atom stereocenters. The van der Waals surface area contributed by atoms with Crippen molar-refractivity contribution >= 4 is 11.8 Å². The van der Waals surface area contributed by atoms with Gasteiger partial charge in [0.05, 0.1) is 5.70 Å². The standard InChI is InChI=1S/C11H9N3O/c1-2-4-11-8(3-1)7-10(14-15-11)9-5-6-12-13-9/h1-7,14H,(H,12,13). The SMILES string of the molecule is C1=C(c2cc[nH]n2)NOc2ccccc21. The summed E-state index contributed by atoms with van der Waals surface area (Å²) < 4.78 is 0. The monoisotopic (exact) mass is 199 g/mol. The third-order valence-corrected chi connectivity index (χ3v) is 2.27. The Morgan fingerprint density at radius 1 is 1.13 bits per heavy atom. The van der Waals surface area contributed by atoms with Gasteiger partial charge in [0.15, 0.2) is 5.75 Å². The highest BCUT2D eigenvalue weighted by Gasteiger charge is 2.12. The molecular formula is C11H9N3O. The maximum atomic E-state index is 5.39. The molecule has 0 radical (unpaired) electrons. The van der Waals surface area contributed by atoms with Crippen LogP contribution in [0.4, 0.5) is 0 Å². The summed E-state index contributed by atoms with van der Waals surface area (Å²) in [6.07, 6.45) is 3.79. The number of nitrogens with one attached hydrogen (secondary N) is 2. The summed E-state index contributed by atoms with van der Waals surface area (Å²) in [6, 6.07) is 9.72. The molecule has 1 aromatic heterocycles. The Bertz CT molecular complexity index is 502. The lowest BCUT2D eigenvalue weighted by Gasteiger charge is -2.17. The lowest BCUT2D eigenvalue weighted by Crippen LogP contribution is -2.20. The van der Waals surface area contributed by atoms with Crippen LogP contribution >= 0.6 is 0 Å². The van der Waals surface area contributed by atoms with E-state index in [0.29, 0.717) is 0 Å². The van der Waals surface area contributed by atoms with Gasteiger partial charge in [-0.25, -0.2) is 5.48 Å². The first-order chi connectivity index (χ1) is 7.43. The van der Waals surface area contributed by atoms with Crippen LogP contribution in [0.2, 0.25) is 0 Å². The number of nitrogens with zero attached hydrogens (tertiary/aromatic N) is 1. The molecule has 2 N–H and O–H groups in total. The van der Waals surface area contributed by atoms with Crippen molar-refractivity contribution < 1.29 is 4.84 Å². The molecule has 0 amide bonds. The van der Waals surface area contributed by atoms with Crippen LogP contribution in [-0.2, 0) is 0 Å². The van der Waals surface area contributed by atoms with Gasteiger partial charge in [-0.15, -0.1) is 0 Å². The molecule has 0 atom stereocenters. The molecule has 15 heavy (non-hydrogen) atoms. The Kier molecular flexibility index (Phi) is 1.71. The van der Waals surface area contributed by atoms with Gasteiger partial charge < -0.3 is 4.84 Å². The Hall–Kier alpha value is -2.23. The Labute approximate surface area is 86.5 Å². The molecule has 0 bridgehead atoms. The van der Waals surface area contributed by atoms with Crippen molar-refractivity contribution in [3.8, 4) is 5.75 Å². The molecule has 3 rings (SSSR count). The largest absolute Gasteiger partial charge is 0.381 e. The second kappa shape index (κ2) is 3.16. The van der Waals surface area contributed by atoms with Gasteiger partial charge in [0.1, 0.15) is 5.69 Å². The number of fused-ring (bicyclic) bond motifs is 1. The van der Waals surface area contributed by atoms with E-state index in [4.69, 9.17) is 4.84 Å². The van der Waals surface area contributed by atoms with Crippen molar-refractivity contribution in [3.05, 3.63) is 47.8 Å². The molecule has 74 valence electrons. The van der Waals surface area contributed by atoms with Crippen LogP contribution in [-0.4, -0.2) is 10.2 Å². The molecule has 1 aromatic carbocycles. The maximum absolute atomic E-state index is 5.39. The lowest BCUT2D eigenvalue weighted by atomic mass is 10.1. The normalized spacial score (nSPS) is 13.5. The van der Waals surface area contributed by atoms with Gasteiger partial charge in [-0.2, -0.15) is 5.10 Å². The zero-order valence-electron chi connectivity index (χ0n) is 7.90. The van der Waals surface area contributed by atoms with Gasteiger partial charge in [-0.1, -0.05) is 18.2 Å². The van der Waals surface area contributed by atoms with Gasteiger partial charge in [0, 0.05) is 11.8 Å². The molecule has 1 aliphatic heterocycles. The van der Waals surface area contributed by atoms with E-state index >= 15 is 0 Å². The molecule has 2 aromatic rings. The molecule has 4 nitrogen and oxygen atoms in total. The van der Waals surface area contributed by atoms with Crippen molar-refractivity contribution in [3.63, 3.8) is 0 Å². The number of hydroxylamine groups is 1. The van der Waals surface area contributed by atoms with Gasteiger partial charge in [-0.05, 0) is 18.2 Å². The molecule has 0 fully saturated rings. The number of rotatable bonds is 1. The van der Waals surface area contributed by atoms with Crippen LogP contribution in [0.5, 0.6) is 5.75 Å². The summed E-state index contributed by atoms with van der Waals surface area (Å²) >= 11 is 0. The molecule has 0 saturated carbocycles. The van der Waals surface area contributed by atoms with E-state index in [9.17, 15) is 0 Å². The van der Waals surface area contributed by atoms with E-state index < -0.39 is 0 Å². The van der Waals surface area contributed by atoms with E-state index in [2.05, 4.69) is 15.7 Å². The second-order valence-electron chi connectivity index (χ2n) is 3.26. The summed E-state index contributed by atoms with van der Waals surface area (Å²) in [5.74, 6) is 0.830. The quantitative estimate of drug-likeness (QED) is 0.736. The van der Waals surface area contributed by atoms with E-state index in [-0.39, 0.29) is 0 Å². The van der Waals surface area contributed by atoms with Gasteiger partial charge in [0.25, 0.3) is 0 Å². The number of hydrogen-bond donors (Lipinski definition) is 2. The third-order valence-electron chi connectivity index (χ3n) is 2.27. The second-order valence-corrected chi connectivity index (χ2v) is 3.26. The van der Waals surface area contributed by atoms with E-state index in [1.807, 2.05) is 36.4 Å². The van der Waals surface area contributed by atoms with Gasteiger partial charge in [-0.3, -0.25) is 5.10 Å². The van der Waals surface area contributed by atoms with Crippen molar-refractivity contribution in [1.29, 1.82) is 0 Å². The summed E-state index contributed by atoms with van der Waals surface area (Å²) in [6.45, 7) is 0. The zero-order valence-corrected chi connectivity index (χ0v) is 7.90. The minimum atomic E-state index is 0.830. The molecule has 1 aliphatic rings. The first-order valence-corrected chi connectivity index (χ1v) is 4.67. The number of H-pyrrole nitrogens is 1. The minimum Gasteiger partial charge on any atom is -0.381 e. The van der Waals surface area contributed by atoms with Crippen molar-refractivity contribution in [2.75, 3.05) is 0 Å². The summed E-state index contributed by atoms with van der Waals surface area (Å²) in [7, 11) is 0. The minimum absolute atomic E-state index is 0.830. The van der Waals surface area contributed by atoms with Crippen LogP contribution in [0.15, 0.2) is 36.5 Å². The van der Waals surface area contributed by atoms with Crippen LogP contribution in [0, 0.1) is 0 Å². The van der Waals surface area contributed by atoms with Crippen LogP contribution < -0.4 is 10.3 Å². The van der Waals surface area contributed by atoms with Crippen molar-refractivity contribution in [2.24, 2.45) is 0 Å². The summed E-state index contributed by atoms with van der Waals surface area (Å²) in [4.78, 5) is 5.39. The van der Waals surface area contributed by atoms with E-state index in [0.717, 1.165) is 22.7 Å². The topological polar surface area (TPSA) is 49.9 Å². The molecular weight excluding hydrogens is 190 g/mol. The van der Waals surface area contributed by atoms with Crippen LogP contribution in [0.25, 0.3) is 11.8 Å². The fourth-order valence-electron chi connectivity index (χ4n) is 1.52.